The van der Waals surface area contributed by atoms with Gasteiger partial charge in [0.15, 0.2) is 16.9 Å². The minimum absolute atomic E-state index is 0.0467. The summed E-state index contributed by atoms with van der Waals surface area (Å²) in [7, 11) is 0. The van der Waals surface area contributed by atoms with Crippen LogP contribution in [0.1, 0.15) is 25.0 Å². The number of nitrogens with one attached hydrogen (secondary N) is 1. The molecule has 4 aromatic rings. The molecule has 0 bridgehead atoms. The number of carbonyl (C=O) groups is 2. The number of carbonyl (C=O) groups excluding carboxylic acids is 2. The summed E-state index contributed by atoms with van der Waals surface area (Å²) in [5, 5.41) is 7.82. The summed E-state index contributed by atoms with van der Waals surface area (Å²) >= 11 is 0. The van der Waals surface area contributed by atoms with Crippen molar-refractivity contribution in [2.75, 3.05) is 17.7 Å². The second kappa shape index (κ2) is 7.87. The maximum Gasteiger partial charge on any atom is 0.326 e. The minimum Gasteiger partial charge on any atom is -0.465 e. The Morgan fingerprint density at radius 3 is 2.79 bits per heavy atom. The van der Waals surface area contributed by atoms with Crippen molar-refractivity contribution in [3.8, 4) is 11.5 Å². The fraction of sp³-hybridized carbons (Fsp3) is 0.217. The molecule has 34 heavy (non-hydrogen) atoms. The highest BCUT2D eigenvalue weighted by molar-refractivity contribution is 6.19. The number of hydrogen-bond acceptors (Lipinski definition) is 8. The van der Waals surface area contributed by atoms with E-state index in [2.05, 4.69) is 25.4 Å². The number of nitrogens with two attached hydrogens (primary N) is 1. The third-order valence-electron chi connectivity index (χ3n) is 5.80. The van der Waals surface area contributed by atoms with E-state index in [4.69, 9.17) is 10.5 Å². The number of ether oxygens (including phenoxy) is 1. The van der Waals surface area contributed by atoms with Crippen molar-refractivity contribution in [3.05, 3.63) is 59.5 Å². The summed E-state index contributed by atoms with van der Waals surface area (Å²) in [6.45, 7) is 3.31. The van der Waals surface area contributed by atoms with Crippen LogP contribution >= 0.6 is 0 Å². The van der Waals surface area contributed by atoms with Crippen LogP contribution in [0.3, 0.4) is 0 Å². The monoisotopic (exact) mass is 461 g/mol. The molecule has 172 valence electrons. The third-order valence-corrected chi connectivity index (χ3v) is 5.80. The van der Waals surface area contributed by atoms with E-state index in [1.807, 2.05) is 0 Å². The molecule has 0 spiro atoms. The van der Waals surface area contributed by atoms with Gasteiger partial charge in [0, 0.05) is 11.8 Å². The van der Waals surface area contributed by atoms with Gasteiger partial charge in [0.2, 0.25) is 5.91 Å². The molecule has 1 atom stereocenters. The number of benzene rings is 1. The Kier molecular flexibility index (Phi) is 4.96. The van der Waals surface area contributed by atoms with E-state index in [-0.39, 0.29) is 42.0 Å². The van der Waals surface area contributed by atoms with Gasteiger partial charge in [0.05, 0.1) is 24.1 Å². The number of esters is 1. The predicted octanol–water partition coefficient (Wildman–Crippen LogP) is 2.43. The van der Waals surface area contributed by atoms with E-state index in [0.29, 0.717) is 22.3 Å². The first-order valence-corrected chi connectivity index (χ1v) is 10.6. The molecule has 0 aliphatic carbocycles. The van der Waals surface area contributed by atoms with E-state index in [1.54, 1.807) is 48.1 Å². The molecule has 1 amide bonds. The van der Waals surface area contributed by atoms with Crippen LogP contribution in [0, 0.1) is 5.82 Å². The highest BCUT2D eigenvalue weighted by Gasteiger charge is 2.53. The summed E-state index contributed by atoms with van der Waals surface area (Å²) in [6.07, 6.45) is 1.61. The lowest BCUT2D eigenvalue weighted by Crippen LogP contribution is -2.41. The standard InChI is InChI=1S/C23H20FN7O3/c1-3-34-22(33)23(2)15-17(25)27-19(28-18(15)29-21(23)32)16-13-8-6-10-26-20(13)31(30-16)11-12-7-4-5-9-14(12)24/h4-10H,3,11H2,1-2H3,(H3,25,27,28,29,32). The quantitative estimate of drug-likeness (QED) is 0.341. The number of amides is 1. The summed E-state index contributed by atoms with van der Waals surface area (Å²) in [5.74, 6) is -1.50. The Morgan fingerprint density at radius 1 is 1.24 bits per heavy atom. The van der Waals surface area contributed by atoms with Crippen LogP contribution in [0.5, 0.6) is 0 Å². The fourth-order valence-electron chi connectivity index (χ4n) is 4.06. The van der Waals surface area contributed by atoms with Gasteiger partial charge in [0.25, 0.3) is 0 Å². The maximum absolute atomic E-state index is 14.3. The van der Waals surface area contributed by atoms with Crippen LogP contribution in [0.15, 0.2) is 42.6 Å². The molecule has 3 aromatic heterocycles. The molecule has 0 saturated carbocycles. The highest BCUT2D eigenvalue weighted by Crippen LogP contribution is 2.42. The molecule has 1 aliphatic heterocycles. The fourth-order valence-corrected chi connectivity index (χ4v) is 4.06. The van der Waals surface area contributed by atoms with Crippen molar-refractivity contribution in [3.63, 3.8) is 0 Å². The first-order chi connectivity index (χ1) is 16.3. The van der Waals surface area contributed by atoms with Crippen molar-refractivity contribution in [1.29, 1.82) is 0 Å². The lowest BCUT2D eigenvalue weighted by atomic mass is 9.84. The molecule has 0 radical (unpaired) electrons. The molecule has 5 rings (SSSR count). The molecular weight excluding hydrogens is 441 g/mol. The summed E-state index contributed by atoms with van der Waals surface area (Å²) < 4.78 is 20.9. The van der Waals surface area contributed by atoms with E-state index in [1.165, 1.54) is 13.0 Å². The summed E-state index contributed by atoms with van der Waals surface area (Å²) in [6, 6.07) is 9.92. The van der Waals surface area contributed by atoms with Crippen LogP contribution < -0.4 is 11.1 Å². The van der Waals surface area contributed by atoms with Crippen molar-refractivity contribution in [2.45, 2.75) is 25.8 Å². The number of rotatable bonds is 5. The predicted molar refractivity (Wildman–Crippen MR) is 121 cm³/mol. The largest absolute Gasteiger partial charge is 0.465 e. The van der Waals surface area contributed by atoms with Gasteiger partial charge in [-0.05, 0) is 32.0 Å². The first-order valence-electron chi connectivity index (χ1n) is 10.6. The van der Waals surface area contributed by atoms with Crippen LogP contribution in [0.25, 0.3) is 22.6 Å². The Hall–Kier alpha value is -4.41. The van der Waals surface area contributed by atoms with E-state index in [0.717, 1.165) is 0 Å². The van der Waals surface area contributed by atoms with Gasteiger partial charge in [0.1, 0.15) is 23.1 Å². The number of fused-ring (bicyclic) bond motifs is 2. The number of hydrogen-bond donors (Lipinski definition) is 2. The van der Waals surface area contributed by atoms with Gasteiger partial charge >= 0.3 is 5.97 Å². The number of nitrogens with zero attached hydrogens (tertiary/aromatic N) is 5. The molecule has 3 N–H and O–H groups in total. The molecule has 4 heterocycles. The Bertz CT molecular complexity index is 1470. The Labute approximate surface area is 193 Å². The molecule has 1 unspecified atom stereocenters. The van der Waals surface area contributed by atoms with Crippen molar-refractivity contribution < 1.29 is 18.7 Å². The zero-order valence-electron chi connectivity index (χ0n) is 18.4. The average Bonchev–Trinajstić information content (AvgIpc) is 3.31. The van der Waals surface area contributed by atoms with Crippen molar-refractivity contribution in [1.82, 2.24) is 24.7 Å². The summed E-state index contributed by atoms with van der Waals surface area (Å²) in [4.78, 5) is 38.5. The number of nitrogen functional groups attached to an aromatic ring is 1. The van der Waals surface area contributed by atoms with Gasteiger partial charge in [-0.15, -0.1) is 0 Å². The van der Waals surface area contributed by atoms with E-state index < -0.39 is 17.3 Å². The zero-order chi connectivity index (χ0) is 24.0. The SMILES string of the molecule is CCOC(=O)C1(C)C(=O)Nc2nc(-c3nn(Cc4ccccc4F)c4ncccc34)nc(N)c21. The van der Waals surface area contributed by atoms with Crippen molar-refractivity contribution in [2.24, 2.45) is 0 Å². The zero-order valence-corrected chi connectivity index (χ0v) is 18.4. The molecule has 0 saturated heterocycles. The summed E-state index contributed by atoms with van der Waals surface area (Å²) in [5.41, 5.74) is 6.02. The molecule has 1 aliphatic rings. The highest BCUT2D eigenvalue weighted by atomic mass is 19.1. The number of aromatic nitrogens is 5. The normalized spacial score (nSPS) is 17.0. The second-order valence-electron chi connectivity index (χ2n) is 7.93. The molecule has 1 aromatic carbocycles. The lowest BCUT2D eigenvalue weighted by molar-refractivity contribution is -0.152. The molecular formula is C23H20FN7O3. The van der Waals surface area contributed by atoms with E-state index >= 15 is 0 Å². The van der Waals surface area contributed by atoms with Crippen LogP contribution in [-0.4, -0.2) is 43.2 Å². The minimum atomic E-state index is -1.66. The number of anilines is 2. The van der Waals surface area contributed by atoms with Crippen LogP contribution in [0.2, 0.25) is 0 Å². The van der Waals surface area contributed by atoms with Gasteiger partial charge < -0.3 is 15.8 Å². The Balaban J connectivity index is 1.63. The number of halogens is 1. The van der Waals surface area contributed by atoms with Gasteiger partial charge in [-0.1, -0.05) is 18.2 Å². The topological polar surface area (TPSA) is 138 Å². The smallest absolute Gasteiger partial charge is 0.326 e. The molecule has 0 fully saturated rings. The lowest BCUT2D eigenvalue weighted by Gasteiger charge is -2.20. The second-order valence-corrected chi connectivity index (χ2v) is 7.93. The van der Waals surface area contributed by atoms with Gasteiger partial charge in [-0.25, -0.2) is 24.0 Å². The van der Waals surface area contributed by atoms with Crippen LogP contribution in [-0.2, 0) is 26.3 Å². The molecule has 11 heteroatoms. The number of pyridine rings is 1. The molecule has 10 nitrogen and oxygen atoms in total. The Morgan fingerprint density at radius 2 is 2.03 bits per heavy atom. The van der Waals surface area contributed by atoms with Crippen LogP contribution in [0.4, 0.5) is 16.0 Å². The van der Waals surface area contributed by atoms with Gasteiger partial charge in [-0.3, -0.25) is 9.59 Å². The third kappa shape index (κ3) is 3.16. The van der Waals surface area contributed by atoms with Gasteiger partial charge in [-0.2, -0.15) is 5.10 Å². The first kappa shape index (κ1) is 21.4. The average molecular weight is 461 g/mol. The van der Waals surface area contributed by atoms with E-state index in [9.17, 15) is 14.0 Å². The van der Waals surface area contributed by atoms with Crippen molar-refractivity contribution >= 4 is 34.5 Å². The maximum atomic E-state index is 14.3.